The van der Waals surface area contributed by atoms with Crippen LogP contribution in [-0.2, 0) is 11.2 Å². The van der Waals surface area contributed by atoms with Crippen LogP contribution in [0.4, 0.5) is 0 Å². The molecule has 0 N–H and O–H groups in total. The molecule has 0 aromatic heterocycles. The highest BCUT2D eigenvalue weighted by Gasteiger charge is 2.10. The Kier molecular flexibility index (Phi) is 6.00. The van der Waals surface area contributed by atoms with Crippen molar-refractivity contribution >= 4 is 33.4 Å². The Morgan fingerprint density at radius 2 is 2.24 bits per heavy atom. The van der Waals surface area contributed by atoms with E-state index in [0.717, 1.165) is 16.5 Å². The zero-order valence-corrected chi connectivity index (χ0v) is 12.5. The summed E-state index contributed by atoms with van der Waals surface area (Å²) in [6.45, 7) is 2.64. The quantitative estimate of drug-likeness (QED) is 0.761. The van der Waals surface area contributed by atoms with Gasteiger partial charge >= 0.3 is 0 Å². The van der Waals surface area contributed by atoms with Crippen molar-refractivity contribution < 1.29 is 4.79 Å². The van der Waals surface area contributed by atoms with Crippen LogP contribution in [0, 0.1) is 0 Å². The summed E-state index contributed by atoms with van der Waals surface area (Å²) in [6.07, 6.45) is 1.26. The average Bonchev–Trinajstić information content (AvgIpc) is 2.25. The number of benzene rings is 1. The van der Waals surface area contributed by atoms with Crippen molar-refractivity contribution in [3.8, 4) is 0 Å². The molecule has 94 valence electrons. The first-order valence-corrected chi connectivity index (χ1v) is 6.84. The highest BCUT2D eigenvalue weighted by atomic mass is 79.9. The van der Waals surface area contributed by atoms with Crippen LogP contribution < -0.4 is 0 Å². The van der Waals surface area contributed by atoms with Gasteiger partial charge in [0.1, 0.15) is 0 Å². The molecular formula is C13H17BrClNO. The highest BCUT2D eigenvalue weighted by Crippen LogP contribution is 2.13. The second kappa shape index (κ2) is 7.02. The molecular weight excluding hydrogens is 302 g/mol. The first-order valence-electron chi connectivity index (χ1n) is 5.61. The molecule has 0 bridgehead atoms. The molecule has 1 atom stereocenters. The van der Waals surface area contributed by atoms with E-state index in [1.807, 2.05) is 38.2 Å². The largest absolute Gasteiger partial charge is 0.345 e. The van der Waals surface area contributed by atoms with Crippen molar-refractivity contribution in [1.29, 1.82) is 0 Å². The zero-order chi connectivity index (χ0) is 12.8. The van der Waals surface area contributed by atoms with Gasteiger partial charge in [0.25, 0.3) is 0 Å². The number of hydrogen-bond acceptors (Lipinski definition) is 1. The van der Waals surface area contributed by atoms with Crippen LogP contribution in [0.1, 0.15) is 18.9 Å². The smallest absolute Gasteiger partial charge is 0.226 e. The van der Waals surface area contributed by atoms with Crippen LogP contribution in [0.15, 0.2) is 28.7 Å². The van der Waals surface area contributed by atoms with Crippen LogP contribution in [0.25, 0.3) is 0 Å². The maximum atomic E-state index is 11.9. The van der Waals surface area contributed by atoms with Crippen molar-refractivity contribution in [2.45, 2.75) is 25.1 Å². The van der Waals surface area contributed by atoms with Gasteiger partial charge in [0.05, 0.1) is 6.42 Å². The van der Waals surface area contributed by atoms with E-state index in [0.29, 0.717) is 13.0 Å². The van der Waals surface area contributed by atoms with Gasteiger partial charge in [-0.3, -0.25) is 4.79 Å². The summed E-state index contributed by atoms with van der Waals surface area (Å²) < 4.78 is 1.000. The van der Waals surface area contributed by atoms with E-state index in [4.69, 9.17) is 11.6 Å². The van der Waals surface area contributed by atoms with Crippen LogP contribution in [0.3, 0.4) is 0 Å². The predicted molar refractivity (Wildman–Crippen MR) is 75.4 cm³/mol. The van der Waals surface area contributed by atoms with Gasteiger partial charge in [0.2, 0.25) is 5.91 Å². The molecule has 1 aromatic rings. The Labute approximate surface area is 116 Å². The van der Waals surface area contributed by atoms with Crippen LogP contribution in [0.2, 0.25) is 0 Å². The zero-order valence-electron chi connectivity index (χ0n) is 10.1. The lowest BCUT2D eigenvalue weighted by atomic mass is 10.1. The van der Waals surface area contributed by atoms with Crippen molar-refractivity contribution in [1.82, 2.24) is 4.90 Å². The molecule has 1 aromatic carbocycles. The third-order valence-electron chi connectivity index (χ3n) is 2.53. The standard InChI is InChI=1S/C13H17BrClNO/c1-10(15)6-7-16(2)13(17)9-11-4-3-5-12(14)8-11/h3-5,8,10H,6-7,9H2,1-2H3. The van der Waals surface area contributed by atoms with Gasteiger partial charge in [0, 0.05) is 23.4 Å². The van der Waals surface area contributed by atoms with Gasteiger partial charge in [0.15, 0.2) is 0 Å². The molecule has 17 heavy (non-hydrogen) atoms. The van der Waals surface area contributed by atoms with Crippen LogP contribution in [-0.4, -0.2) is 29.8 Å². The molecule has 0 fully saturated rings. The SMILES string of the molecule is CC(Cl)CCN(C)C(=O)Cc1cccc(Br)c1. The van der Waals surface area contributed by atoms with Gasteiger partial charge in [-0.2, -0.15) is 0 Å². The van der Waals surface area contributed by atoms with Gasteiger partial charge in [-0.25, -0.2) is 0 Å². The van der Waals surface area contributed by atoms with E-state index in [2.05, 4.69) is 15.9 Å². The minimum absolute atomic E-state index is 0.108. The Hall–Kier alpha value is -0.540. The van der Waals surface area contributed by atoms with E-state index >= 15 is 0 Å². The Morgan fingerprint density at radius 1 is 1.53 bits per heavy atom. The summed E-state index contributed by atoms with van der Waals surface area (Å²) in [6, 6.07) is 7.82. The van der Waals surface area contributed by atoms with E-state index in [9.17, 15) is 4.79 Å². The fraction of sp³-hybridized carbons (Fsp3) is 0.462. The minimum atomic E-state index is 0.108. The Morgan fingerprint density at radius 3 is 2.82 bits per heavy atom. The molecule has 0 spiro atoms. The van der Waals surface area contributed by atoms with Crippen LogP contribution >= 0.6 is 27.5 Å². The fourth-order valence-electron chi connectivity index (χ4n) is 1.45. The second-order valence-electron chi connectivity index (χ2n) is 4.19. The number of halogens is 2. The summed E-state index contributed by atoms with van der Waals surface area (Å²) in [5, 5.41) is 0.108. The number of carbonyl (C=O) groups excluding carboxylic acids is 1. The Balaban J connectivity index is 2.48. The predicted octanol–water partition coefficient (Wildman–Crippen LogP) is 3.47. The third kappa shape index (κ3) is 5.55. The first kappa shape index (κ1) is 14.5. The molecule has 0 saturated carbocycles. The number of amides is 1. The molecule has 1 amide bonds. The van der Waals surface area contributed by atoms with Crippen molar-refractivity contribution in [2.24, 2.45) is 0 Å². The molecule has 0 saturated heterocycles. The Bertz CT molecular complexity index is 381. The van der Waals surface area contributed by atoms with E-state index < -0.39 is 0 Å². The number of carbonyl (C=O) groups is 1. The molecule has 2 nitrogen and oxygen atoms in total. The summed E-state index contributed by atoms with van der Waals surface area (Å²) >= 11 is 9.26. The van der Waals surface area contributed by atoms with E-state index in [1.54, 1.807) is 4.90 Å². The topological polar surface area (TPSA) is 20.3 Å². The maximum Gasteiger partial charge on any atom is 0.226 e. The molecule has 1 rings (SSSR count). The third-order valence-corrected chi connectivity index (χ3v) is 3.24. The van der Waals surface area contributed by atoms with Crippen LogP contribution in [0.5, 0.6) is 0 Å². The number of rotatable bonds is 5. The van der Waals surface area contributed by atoms with Gasteiger partial charge in [-0.05, 0) is 31.0 Å². The van der Waals surface area contributed by atoms with E-state index in [1.165, 1.54) is 0 Å². The average molecular weight is 319 g/mol. The lowest BCUT2D eigenvalue weighted by molar-refractivity contribution is -0.129. The summed E-state index contributed by atoms with van der Waals surface area (Å²) in [5.74, 6) is 0.125. The van der Waals surface area contributed by atoms with E-state index in [-0.39, 0.29) is 11.3 Å². The van der Waals surface area contributed by atoms with Gasteiger partial charge in [-0.1, -0.05) is 28.1 Å². The second-order valence-corrected chi connectivity index (χ2v) is 5.85. The molecule has 0 aliphatic rings. The molecule has 4 heteroatoms. The number of likely N-dealkylation sites (N-methyl/N-ethyl adjacent to an activating group) is 1. The summed E-state index contributed by atoms with van der Waals surface area (Å²) in [4.78, 5) is 13.6. The molecule has 0 radical (unpaired) electrons. The molecule has 0 aliphatic heterocycles. The van der Waals surface area contributed by atoms with Crippen molar-refractivity contribution in [2.75, 3.05) is 13.6 Å². The fourth-order valence-corrected chi connectivity index (χ4v) is 2.00. The lowest BCUT2D eigenvalue weighted by Gasteiger charge is -2.17. The molecule has 0 heterocycles. The highest BCUT2D eigenvalue weighted by molar-refractivity contribution is 9.10. The molecule has 1 unspecified atom stereocenters. The van der Waals surface area contributed by atoms with Crippen molar-refractivity contribution in [3.63, 3.8) is 0 Å². The number of alkyl halides is 1. The number of hydrogen-bond donors (Lipinski definition) is 0. The number of nitrogens with zero attached hydrogens (tertiary/aromatic N) is 1. The van der Waals surface area contributed by atoms with Crippen molar-refractivity contribution in [3.05, 3.63) is 34.3 Å². The van der Waals surface area contributed by atoms with Gasteiger partial charge in [-0.15, -0.1) is 11.6 Å². The summed E-state index contributed by atoms with van der Waals surface area (Å²) in [5.41, 5.74) is 1.02. The summed E-state index contributed by atoms with van der Waals surface area (Å²) in [7, 11) is 1.82. The lowest BCUT2D eigenvalue weighted by Crippen LogP contribution is -2.30. The normalized spacial score (nSPS) is 12.2. The van der Waals surface area contributed by atoms with Gasteiger partial charge < -0.3 is 4.90 Å². The maximum absolute atomic E-state index is 11.9. The monoisotopic (exact) mass is 317 g/mol. The first-order chi connectivity index (χ1) is 7.99. The molecule has 0 aliphatic carbocycles. The minimum Gasteiger partial charge on any atom is -0.345 e.